The van der Waals surface area contributed by atoms with Gasteiger partial charge in [0.15, 0.2) is 0 Å². The number of piperidine rings is 1. The zero-order valence-electron chi connectivity index (χ0n) is 11.6. The zero-order valence-corrected chi connectivity index (χ0v) is 12.4. The molecule has 1 aliphatic rings. The average molecular weight is 308 g/mol. The first kappa shape index (κ1) is 15.5. The number of carboxylic acid groups (broad SMARTS) is 1. The van der Waals surface area contributed by atoms with Gasteiger partial charge in [-0.15, -0.1) is 0 Å². The van der Waals surface area contributed by atoms with Gasteiger partial charge in [0.05, 0.1) is 22.4 Å². The predicted octanol–water partition coefficient (Wildman–Crippen LogP) is 1.43. The molecule has 1 aromatic rings. The first-order chi connectivity index (χ1) is 9.87. The lowest BCUT2D eigenvalue weighted by Crippen LogP contribution is -2.48. The van der Waals surface area contributed by atoms with Crippen LogP contribution in [0.1, 0.15) is 25.3 Å². The molecule has 112 valence electrons. The third-order valence-corrected chi connectivity index (χ3v) is 5.80. The van der Waals surface area contributed by atoms with E-state index < -0.39 is 28.0 Å². The van der Waals surface area contributed by atoms with Crippen molar-refractivity contribution >= 4 is 16.0 Å². The van der Waals surface area contributed by atoms with E-state index in [1.165, 1.54) is 28.6 Å². The molecular weight excluding hydrogens is 292 g/mol. The number of aliphatic carboxylic acids is 1. The fourth-order valence-corrected chi connectivity index (χ4v) is 4.39. The van der Waals surface area contributed by atoms with Crippen molar-refractivity contribution in [1.82, 2.24) is 4.31 Å². The van der Waals surface area contributed by atoms with Crippen LogP contribution in [0, 0.1) is 17.2 Å². The molecule has 0 aliphatic carbocycles. The van der Waals surface area contributed by atoms with Gasteiger partial charge < -0.3 is 5.11 Å². The number of benzene rings is 1. The highest BCUT2D eigenvalue weighted by Gasteiger charge is 2.39. The van der Waals surface area contributed by atoms with Crippen molar-refractivity contribution in [2.45, 2.75) is 30.7 Å². The van der Waals surface area contributed by atoms with E-state index >= 15 is 0 Å². The van der Waals surface area contributed by atoms with Gasteiger partial charge in [-0.05, 0) is 38.0 Å². The van der Waals surface area contributed by atoms with Crippen molar-refractivity contribution in [3.8, 4) is 6.07 Å². The van der Waals surface area contributed by atoms with Crippen LogP contribution in [0.15, 0.2) is 29.2 Å². The lowest BCUT2D eigenvalue weighted by Gasteiger charge is -2.36. The monoisotopic (exact) mass is 308 g/mol. The first-order valence-corrected chi connectivity index (χ1v) is 8.06. The molecule has 6 nitrogen and oxygen atoms in total. The average Bonchev–Trinajstić information content (AvgIpc) is 2.47. The van der Waals surface area contributed by atoms with E-state index in [9.17, 15) is 18.3 Å². The number of sulfonamides is 1. The van der Waals surface area contributed by atoms with Gasteiger partial charge in [-0.1, -0.05) is 6.07 Å². The minimum Gasteiger partial charge on any atom is -0.481 e. The summed E-state index contributed by atoms with van der Waals surface area (Å²) in [6.07, 6.45) is 0.985. The molecule has 0 spiro atoms. The summed E-state index contributed by atoms with van der Waals surface area (Å²) in [7, 11) is -3.79. The van der Waals surface area contributed by atoms with Crippen LogP contribution < -0.4 is 0 Å². The molecule has 1 heterocycles. The lowest BCUT2D eigenvalue weighted by molar-refractivity contribution is -0.144. The molecule has 21 heavy (non-hydrogen) atoms. The van der Waals surface area contributed by atoms with Crippen molar-refractivity contribution in [3.05, 3.63) is 29.8 Å². The molecule has 1 fully saturated rings. The minimum absolute atomic E-state index is 0.0273. The molecule has 0 aromatic heterocycles. The maximum absolute atomic E-state index is 12.7. The van der Waals surface area contributed by atoms with E-state index in [0.717, 1.165) is 0 Å². The molecule has 1 aliphatic heterocycles. The summed E-state index contributed by atoms with van der Waals surface area (Å²) in [4.78, 5) is 11.2. The Hall–Kier alpha value is -1.91. The molecule has 2 rings (SSSR count). The van der Waals surface area contributed by atoms with E-state index in [1.54, 1.807) is 6.92 Å². The Morgan fingerprint density at radius 2 is 2.19 bits per heavy atom. The van der Waals surface area contributed by atoms with Crippen molar-refractivity contribution in [2.75, 3.05) is 6.54 Å². The molecular formula is C14H16N2O4S. The van der Waals surface area contributed by atoms with Gasteiger partial charge in [0.2, 0.25) is 10.0 Å². The number of carboxylic acids is 1. The second-order valence-electron chi connectivity index (χ2n) is 5.08. The highest BCUT2D eigenvalue weighted by Crippen LogP contribution is 2.29. The third-order valence-electron chi connectivity index (χ3n) is 3.82. The summed E-state index contributed by atoms with van der Waals surface area (Å²) < 4.78 is 26.5. The zero-order chi connectivity index (χ0) is 15.6. The largest absolute Gasteiger partial charge is 0.481 e. The van der Waals surface area contributed by atoms with Gasteiger partial charge in [-0.2, -0.15) is 9.57 Å². The summed E-state index contributed by atoms with van der Waals surface area (Å²) in [6, 6.07) is 7.07. The van der Waals surface area contributed by atoms with Crippen LogP contribution in [-0.4, -0.2) is 36.4 Å². The molecule has 0 unspecified atom stereocenters. The standard InChI is InChI=1S/C14H16N2O4S/c1-10-13(14(17)18)6-3-7-16(10)21(19,20)12-5-2-4-11(8-12)9-15/h2,4-5,8,10,13H,3,6-7H2,1H3,(H,17,18)/t10-,13-/m1/s1. The van der Waals surface area contributed by atoms with Crippen LogP contribution in [0.4, 0.5) is 0 Å². The number of hydrogen-bond donors (Lipinski definition) is 1. The molecule has 7 heteroatoms. The lowest BCUT2D eigenvalue weighted by atomic mass is 9.92. The van der Waals surface area contributed by atoms with Crippen molar-refractivity contribution in [2.24, 2.45) is 5.92 Å². The fourth-order valence-electron chi connectivity index (χ4n) is 2.64. The van der Waals surface area contributed by atoms with Crippen LogP contribution in [0.25, 0.3) is 0 Å². The molecule has 0 bridgehead atoms. The van der Waals surface area contributed by atoms with Gasteiger partial charge in [-0.3, -0.25) is 4.79 Å². The number of carbonyl (C=O) groups is 1. The van der Waals surface area contributed by atoms with Gasteiger partial charge in [0.1, 0.15) is 0 Å². The summed E-state index contributed by atoms with van der Waals surface area (Å²) in [5.41, 5.74) is 0.260. The van der Waals surface area contributed by atoms with Crippen LogP contribution >= 0.6 is 0 Å². The SMILES string of the molecule is C[C@@H]1[C@H](C(=O)O)CCCN1S(=O)(=O)c1cccc(C#N)c1. The predicted molar refractivity (Wildman–Crippen MR) is 74.9 cm³/mol. The normalized spacial score (nSPS) is 23.4. The highest BCUT2D eigenvalue weighted by molar-refractivity contribution is 7.89. The topological polar surface area (TPSA) is 98.5 Å². The Morgan fingerprint density at radius 3 is 2.81 bits per heavy atom. The van der Waals surface area contributed by atoms with Crippen LogP contribution in [0.2, 0.25) is 0 Å². The molecule has 1 aromatic carbocycles. The number of hydrogen-bond acceptors (Lipinski definition) is 4. The van der Waals surface area contributed by atoms with Crippen LogP contribution in [0.3, 0.4) is 0 Å². The quantitative estimate of drug-likeness (QED) is 0.910. The second kappa shape index (κ2) is 5.84. The molecule has 1 saturated heterocycles. The van der Waals surface area contributed by atoms with Crippen LogP contribution in [0.5, 0.6) is 0 Å². The van der Waals surface area contributed by atoms with Gasteiger partial charge in [0.25, 0.3) is 0 Å². The van der Waals surface area contributed by atoms with Gasteiger partial charge in [-0.25, -0.2) is 8.42 Å². The number of nitriles is 1. The van der Waals surface area contributed by atoms with Crippen LogP contribution in [-0.2, 0) is 14.8 Å². The van der Waals surface area contributed by atoms with Gasteiger partial charge >= 0.3 is 5.97 Å². The molecule has 0 amide bonds. The molecule has 1 N–H and O–H groups in total. The molecule has 2 atom stereocenters. The third kappa shape index (κ3) is 2.91. The summed E-state index contributed by atoms with van der Waals surface area (Å²) >= 11 is 0. The van der Waals surface area contributed by atoms with E-state index in [4.69, 9.17) is 5.26 Å². The number of rotatable bonds is 3. The maximum Gasteiger partial charge on any atom is 0.308 e. The van der Waals surface area contributed by atoms with Crippen molar-refractivity contribution in [3.63, 3.8) is 0 Å². The highest BCUT2D eigenvalue weighted by atomic mass is 32.2. The van der Waals surface area contributed by atoms with E-state index in [2.05, 4.69) is 0 Å². The molecule has 0 radical (unpaired) electrons. The minimum atomic E-state index is -3.79. The van der Waals surface area contributed by atoms with Crippen molar-refractivity contribution in [1.29, 1.82) is 5.26 Å². The Labute approximate surface area is 123 Å². The molecule has 0 saturated carbocycles. The summed E-state index contributed by atoms with van der Waals surface area (Å²) in [6.45, 7) is 1.91. The van der Waals surface area contributed by atoms with E-state index in [0.29, 0.717) is 19.4 Å². The second-order valence-corrected chi connectivity index (χ2v) is 6.97. The Kier molecular flexibility index (Phi) is 4.30. The smallest absolute Gasteiger partial charge is 0.308 e. The first-order valence-electron chi connectivity index (χ1n) is 6.62. The fraction of sp³-hybridized carbons (Fsp3) is 0.429. The van der Waals surface area contributed by atoms with E-state index in [1.807, 2.05) is 6.07 Å². The van der Waals surface area contributed by atoms with Crippen molar-refractivity contribution < 1.29 is 18.3 Å². The number of nitrogens with zero attached hydrogens (tertiary/aromatic N) is 2. The maximum atomic E-state index is 12.7. The Balaban J connectivity index is 2.38. The summed E-state index contributed by atoms with van der Waals surface area (Å²) in [5, 5.41) is 18.0. The Bertz CT molecular complexity index is 693. The Morgan fingerprint density at radius 1 is 1.48 bits per heavy atom. The van der Waals surface area contributed by atoms with Gasteiger partial charge in [0, 0.05) is 12.6 Å². The summed E-state index contributed by atoms with van der Waals surface area (Å²) in [5.74, 6) is -1.68. The van der Waals surface area contributed by atoms with E-state index in [-0.39, 0.29) is 10.5 Å².